The second-order valence-electron chi connectivity index (χ2n) is 3.80. The zero-order valence-corrected chi connectivity index (χ0v) is 9.86. The molecule has 0 unspecified atom stereocenters. The number of halogens is 6. The van der Waals surface area contributed by atoms with Gasteiger partial charge in [0.05, 0.1) is 11.1 Å². The van der Waals surface area contributed by atoms with E-state index in [1.54, 1.807) is 7.05 Å². The van der Waals surface area contributed by atoms with Crippen molar-refractivity contribution in [2.75, 3.05) is 13.6 Å². The molecule has 7 heteroatoms. The third-order valence-electron chi connectivity index (χ3n) is 2.24. The predicted molar refractivity (Wildman–Crippen MR) is 59.4 cm³/mol. The fraction of sp³-hybridized carbons (Fsp3) is 0.333. The number of rotatable bonds is 3. The minimum absolute atomic E-state index is 0.107. The summed E-state index contributed by atoms with van der Waals surface area (Å²) in [6, 6.07) is 1.47. The summed E-state index contributed by atoms with van der Waals surface area (Å²) in [5, 5.41) is 2.70. The minimum atomic E-state index is -4.81. The molecule has 0 aliphatic carbocycles. The largest absolute Gasteiger partial charge is 0.416 e. The van der Waals surface area contributed by atoms with Gasteiger partial charge in [-0.05, 0) is 30.8 Å². The fourth-order valence-corrected chi connectivity index (χ4v) is 1.39. The van der Waals surface area contributed by atoms with E-state index in [0.29, 0.717) is 18.7 Å². The van der Waals surface area contributed by atoms with Crippen molar-refractivity contribution in [1.29, 1.82) is 0 Å². The molecule has 1 aromatic carbocycles. The molecule has 0 saturated carbocycles. The van der Waals surface area contributed by atoms with Crippen LogP contribution in [-0.4, -0.2) is 13.6 Å². The van der Waals surface area contributed by atoms with Gasteiger partial charge in [0.15, 0.2) is 0 Å². The maximum atomic E-state index is 12.5. The van der Waals surface area contributed by atoms with Crippen LogP contribution in [0.1, 0.15) is 16.7 Å². The Morgan fingerprint density at radius 1 is 0.947 bits per heavy atom. The number of hydrogen-bond acceptors (Lipinski definition) is 1. The third-order valence-corrected chi connectivity index (χ3v) is 2.24. The Morgan fingerprint density at radius 2 is 1.42 bits per heavy atom. The number of benzene rings is 1. The van der Waals surface area contributed by atoms with E-state index in [9.17, 15) is 26.3 Å². The Bertz CT molecular complexity index is 426. The fourth-order valence-electron chi connectivity index (χ4n) is 1.39. The maximum absolute atomic E-state index is 12.5. The minimum Gasteiger partial charge on any atom is -0.316 e. The third kappa shape index (κ3) is 4.59. The smallest absolute Gasteiger partial charge is 0.316 e. The maximum Gasteiger partial charge on any atom is 0.416 e. The topological polar surface area (TPSA) is 12.0 Å². The molecule has 1 aromatic rings. The zero-order chi connectivity index (χ0) is 14.7. The van der Waals surface area contributed by atoms with Crippen molar-refractivity contribution < 1.29 is 26.3 Å². The molecular formula is C12H11F6N. The molecule has 0 fully saturated rings. The van der Waals surface area contributed by atoms with Gasteiger partial charge in [-0.15, -0.1) is 0 Å². The second kappa shape index (κ2) is 5.64. The highest BCUT2D eigenvalue weighted by atomic mass is 19.4. The summed E-state index contributed by atoms with van der Waals surface area (Å²) in [4.78, 5) is 0. The summed E-state index contributed by atoms with van der Waals surface area (Å²) in [5.41, 5.74) is -2.77. The molecule has 0 saturated heterocycles. The summed E-state index contributed by atoms with van der Waals surface area (Å²) < 4.78 is 75.1. The summed E-state index contributed by atoms with van der Waals surface area (Å²) in [6.07, 6.45) is -6.98. The Balaban J connectivity index is 3.25. The van der Waals surface area contributed by atoms with Crippen molar-refractivity contribution in [3.8, 4) is 0 Å². The van der Waals surface area contributed by atoms with Crippen LogP contribution in [0.15, 0.2) is 24.3 Å². The van der Waals surface area contributed by atoms with Gasteiger partial charge in [-0.25, -0.2) is 0 Å². The van der Waals surface area contributed by atoms with Gasteiger partial charge in [0, 0.05) is 6.54 Å². The van der Waals surface area contributed by atoms with Gasteiger partial charge in [0.1, 0.15) is 0 Å². The van der Waals surface area contributed by atoms with Gasteiger partial charge in [-0.1, -0.05) is 12.2 Å². The highest BCUT2D eigenvalue weighted by Crippen LogP contribution is 2.36. The van der Waals surface area contributed by atoms with Crippen LogP contribution in [-0.2, 0) is 12.4 Å². The molecule has 0 aliphatic heterocycles. The van der Waals surface area contributed by atoms with Crippen LogP contribution < -0.4 is 5.32 Å². The number of alkyl halides is 6. The Morgan fingerprint density at radius 3 is 1.79 bits per heavy atom. The first-order chi connectivity index (χ1) is 8.64. The van der Waals surface area contributed by atoms with Crippen LogP contribution in [0.4, 0.5) is 26.3 Å². The summed E-state index contributed by atoms with van der Waals surface area (Å²) >= 11 is 0. The van der Waals surface area contributed by atoms with Crippen LogP contribution in [0, 0.1) is 0 Å². The summed E-state index contributed by atoms with van der Waals surface area (Å²) in [7, 11) is 1.61. The molecule has 1 nitrogen and oxygen atoms in total. The van der Waals surface area contributed by atoms with Gasteiger partial charge < -0.3 is 5.32 Å². The van der Waals surface area contributed by atoms with Crippen molar-refractivity contribution in [1.82, 2.24) is 5.32 Å². The summed E-state index contributed by atoms with van der Waals surface area (Å²) in [5.74, 6) is 0. The molecule has 1 N–H and O–H groups in total. The second-order valence-corrected chi connectivity index (χ2v) is 3.80. The van der Waals surface area contributed by atoms with Crippen molar-refractivity contribution >= 4 is 6.08 Å². The van der Waals surface area contributed by atoms with Crippen LogP contribution in [0.5, 0.6) is 0 Å². The number of likely N-dealkylation sites (N-methyl/N-ethyl adjacent to an activating group) is 1. The molecule has 0 bridgehead atoms. The molecule has 0 heterocycles. The molecule has 0 spiro atoms. The van der Waals surface area contributed by atoms with Gasteiger partial charge in [0.2, 0.25) is 0 Å². The van der Waals surface area contributed by atoms with Gasteiger partial charge in [-0.3, -0.25) is 0 Å². The first-order valence-corrected chi connectivity index (χ1v) is 5.25. The lowest BCUT2D eigenvalue weighted by atomic mass is 10.0. The lowest BCUT2D eigenvalue weighted by Crippen LogP contribution is -2.11. The van der Waals surface area contributed by atoms with E-state index in [-0.39, 0.29) is 11.6 Å². The Labute approximate surface area is 105 Å². The van der Waals surface area contributed by atoms with E-state index in [4.69, 9.17) is 0 Å². The monoisotopic (exact) mass is 283 g/mol. The van der Waals surface area contributed by atoms with E-state index < -0.39 is 23.5 Å². The molecule has 0 amide bonds. The molecule has 0 aliphatic rings. The van der Waals surface area contributed by atoms with Gasteiger partial charge in [0.25, 0.3) is 0 Å². The van der Waals surface area contributed by atoms with E-state index in [1.807, 2.05) is 0 Å². The molecule has 106 valence electrons. The Hall–Kier alpha value is -1.50. The van der Waals surface area contributed by atoms with E-state index in [0.717, 1.165) is 0 Å². The van der Waals surface area contributed by atoms with Crippen LogP contribution >= 0.6 is 0 Å². The van der Waals surface area contributed by atoms with Crippen LogP contribution in [0.25, 0.3) is 6.08 Å². The van der Waals surface area contributed by atoms with Crippen LogP contribution in [0.3, 0.4) is 0 Å². The van der Waals surface area contributed by atoms with E-state index >= 15 is 0 Å². The van der Waals surface area contributed by atoms with Crippen molar-refractivity contribution in [3.05, 3.63) is 41.0 Å². The quantitative estimate of drug-likeness (QED) is 0.828. The number of hydrogen-bond donors (Lipinski definition) is 1. The standard InChI is InChI=1S/C12H11F6N/c1-19-4-2-3-8-5-9(11(13,14)15)7-10(6-8)12(16,17)18/h2-3,5-7,19H,4H2,1H3/b3-2+. The van der Waals surface area contributed by atoms with Crippen molar-refractivity contribution in [2.45, 2.75) is 12.4 Å². The predicted octanol–water partition coefficient (Wildman–Crippen LogP) is 3.96. The SMILES string of the molecule is CNC/C=C/c1cc(C(F)(F)F)cc(C(F)(F)F)c1. The lowest BCUT2D eigenvalue weighted by Gasteiger charge is -2.12. The normalized spacial score (nSPS) is 13.2. The molecule has 1 rings (SSSR count). The summed E-state index contributed by atoms with van der Waals surface area (Å²) in [6.45, 7) is 0.345. The zero-order valence-electron chi connectivity index (χ0n) is 9.86. The van der Waals surface area contributed by atoms with Gasteiger partial charge in [-0.2, -0.15) is 26.3 Å². The highest BCUT2D eigenvalue weighted by Gasteiger charge is 2.36. The van der Waals surface area contributed by atoms with Crippen LogP contribution in [0.2, 0.25) is 0 Å². The molecule has 19 heavy (non-hydrogen) atoms. The van der Waals surface area contributed by atoms with E-state index in [1.165, 1.54) is 12.2 Å². The Kier molecular flexibility index (Phi) is 4.62. The molecule has 0 atom stereocenters. The molecular weight excluding hydrogens is 272 g/mol. The first-order valence-electron chi connectivity index (χ1n) is 5.25. The average Bonchev–Trinajstić information content (AvgIpc) is 2.27. The lowest BCUT2D eigenvalue weighted by molar-refractivity contribution is -0.143. The first kappa shape index (κ1) is 15.6. The average molecular weight is 283 g/mol. The van der Waals surface area contributed by atoms with E-state index in [2.05, 4.69) is 5.32 Å². The number of nitrogens with one attached hydrogen (secondary N) is 1. The highest BCUT2D eigenvalue weighted by molar-refractivity contribution is 5.53. The van der Waals surface area contributed by atoms with Gasteiger partial charge >= 0.3 is 12.4 Å². The molecule has 0 radical (unpaired) electrons. The van der Waals surface area contributed by atoms with Crippen molar-refractivity contribution in [2.24, 2.45) is 0 Å². The van der Waals surface area contributed by atoms with Crippen molar-refractivity contribution in [3.63, 3.8) is 0 Å². The molecule has 0 aromatic heterocycles.